The van der Waals surface area contributed by atoms with E-state index in [-0.39, 0.29) is 34.8 Å². The molecule has 0 bridgehead atoms. The molecule has 1 aromatic heterocycles. The van der Waals surface area contributed by atoms with Crippen LogP contribution in [0.1, 0.15) is 44.3 Å². The molecular formula is C20H25F3N4O3S. The molecule has 0 aliphatic carbocycles. The third kappa shape index (κ3) is 4.43. The summed E-state index contributed by atoms with van der Waals surface area (Å²) in [5.41, 5.74) is 0.122. The summed E-state index contributed by atoms with van der Waals surface area (Å²) in [5, 5.41) is 0. The van der Waals surface area contributed by atoms with Gasteiger partial charge in [0.25, 0.3) is 0 Å². The van der Waals surface area contributed by atoms with Gasteiger partial charge in [0, 0.05) is 39.1 Å². The molecule has 0 spiro atoms. The highest BCUT2D eigenvalue weighted by Crippen LogP contribution is 2.33. The van der Waals surface area contributed by atoms with E-state index in [1.54, 1.807) is 4.90 Å². The Bertz CT molecular complexity index is 1070. The predicted octanol–water partition coefficient (Wildman–Crippen LogP) is 3.24. The molecule has 2 aliphatic heterocycles. The number of carbonyl (C=O) groups is 1. The van der Waals surface area contributed by atoms with Crippen molar-refractivity contribution in [2.45, 2.75) is 56.1 Å². The molecule has 0 unspecified atom stereocenters. The average molecular weight is 459 g/mol. The largest absolute Gasteiger partial charge is 0.449 e. The summed E-state index contributed by atoms with van der Waals surface area (Å²) in [4.78, 5) is 17.8. The normalized spacial score (nSPS) is 18.7. The topological polar surface area (TPSA) is 75.5 Å². The van der Waals surface area contributed by atoms with Crippen LogP contribution < -0.4 is 0 Å². The van der Waals surface area contributed by atoms with Gasteiger partial charge < -0.3 is 9.47 Å². The Kier molecular flexibility index (Phi) is 5.99. The van der Waals surface area contributed by atoms with Crippen LogP contribution in [0.2, 0.25) is 0 Å². The lowest BCUT2D eigenvalue weighted by Crippen LogP contribution is -2.36. The van der Waals surface area contributed by atoms with Gasteiger partial charge in [-0.2, -0.15) is 17.5 Å². The van der Waals surface area contributed by atoms with E-state index in [0.29, 0.717) is 26.2 Å². The Morgan fingerprint density at radius 2 is 1.65 bits per heavy atom. The number of halogens is 3. The molecule has 2 saturated heterocycles. The van der Waals surface area contributed by atoms with E-state index in [2.05, 4.69) is 4.98 Å². The number of imidazole rings is 1. The first-order chi connectivity index (χ1) is 14.7. The third-order valence-corrected chi connectivity index (χ3v) is 7.83. The molecule has 2 aromatic rings. The lowest BCUT2D eigenvalue weighted by atomic mass is 10.1. The highest BCUT2D eigenvalue weighted by atomic mass is 32.2. The number of rotatable bonds is 5. The number of nitrogens with zero attached hydrogens (tertiary/aromatic N) is 4. The van der Waals surface area contributed by atoms with Gasteiger partial charge >= 0.3 is 6.18 Å². The number of fused-ring (bicyclic) bond motifs is 1. The maximum absolute atomic E-state index is 13.6. The fourth-order valence-corrected chi connectivity index (χ4v) is 5.84. The number of likely N-dealkylation sites (tertiary alicyclic amines) is 1. The fourth-order valence-electron chi connectivity index (χ4n) is 4.30. The summed E-state index contributed by atoms with van der Waals surface area (Å²) in [5.74, 6) is -1.30. The molecule has 0 radical (unpaired) electrons. The number of hydrogen-bond donors (Lipinski definition) is 0. The fraction of sp³-hybridized carbons (Fsp3) is 0.600. The van der Waals surface area contributed by atoms with E-state index in [1.165, 1.54) is 22.5 Å². The number of amides is 1. The monoisotopic (exact) mass is 458 g/mol. The number of hydrogen-bond acceptors (Lipinski definition) is 4. The Morgan fingerprint density at radius 3 is 2.29 bits per heavy atom. The van der Waals surface area contributed by atoms with Crippen molar-refractivity contribution in [3.05, 3.63) is 24.0 Å². The summed E-state index contributed by atoms with van der Waals surface area (Å²) in [6.07, 6.45) is -0.400. The second-order valence-corrected chi connectivity index (χ2v) is 9.98. The summed E-state index contributed by atoms with van der Waals surface area (Å²) in [6.45, 7) is 1.90. The van der Waals surface area contributed by atoms with Gasteiger partial charge in [0.2, 0.25) is 21.8 Å². The van der Waals surface area contributed by atoms with Crippen molar-refractivity contribution in [3.8, 4) is 0 Å². The van der Waals surface area contributed by atoms with Crippen LogP contribution in [0.3, 0.4) is 0 Å². The quantitative estimate of drug-likeness (QED) is 0.690. The predicted molar refractivity (Wildman–Crippen MR) is 108 cm³/mol. The van der Waals surface area contributed by atoms with E-state index in [4.69, 9.17) is 0 Å². The Hall–Kier alpha value is -2.14. The van der Waals surface area contributed by atoms with Crippen LogP contribution in [0.15, 0.2) is 23.1 Å². The van der Waals surface area contributed by atoms with Crippen LogP contribution in [-0.4, -0.2) is 59.3 Å². The Labute approximate surface area is 178 Å². The molecule has 2 fully saturated rings. The van der Waals surface area contributed by atoms with Crippen LogP contribution >= 0.6 is 0 Å². The van der Waals surface area contributed by atoms with Gasteiger partial charge in [0.05, 0.1) is 15.9 Å². The highest BCUT2D eigenvalue weighted by Gasteiger charge is 2.38. The summed E-state index contributed by atoms with van der Waals surface area (Å²) < 4.78 is 68.8. The highest BCUT2D eigenvalue weighted by molar-refractivity contribution is 7.89. The maximum atomic E-state index is 13.6. The van der Waals surface area contributed by atoms with Crippen molar-refractivity contribution in [1.82, 2.24) is 18.8 Å². The lowest BCUT2D eigenvalue weighted by molar-refractivity contribution is -0.147. The first-order valence-electron chi connectivity index (χ1n) is 10.5. The van der Waals surface area contributed by atoms with E-state index in [1.807, 2.05) is 0 Å². The van der Waals surface area contributed by atoms with Gasteiger partial charge in [0.1, 0.15) is 0 Å². The van der Waals surface area contributed by atoms with E-state index in [0.717, 1.165) is 36.7 Å². The van der Waals surface area contributed by atoms with Crippen LogP contribution in [0.4, 0.5) is 13.2 Å². The molecule has 4 rings (SSSR count). The number of sulfonamides is 1. The van der Waals surface area contributed by atoms with Gasteiger partial charge in [-0.3, -0.25) is 4.79 Å². The molecule has 0 N–H and O–H groups in total. The summed E-state index contributed by atoms with van der Waals surface area (Å²) in [6, 6.07) is 3.87. The molecule has 1 aromatic carbocycles. The molecule has 3 heterocycles. The van der Waals surface area contributed by atoms with Crippen molar-refractivity contribution in [3.63, 3.8) is 0 Å². The lowest BCUT2D eigenvalue weighted by Gasteiger charge is -2.27. The molecule has 0 saturated carbocycles. The number of alkyl halides is 3. The zero-order valence-electron chi connectivity index (χ0n) is 17.1. The first-order valence-corrected chi connectivity index (χ1v) is 12.0. The standard InChI is InChI=1S/C20H25F3N4O3S/c21-20(22,23)19-24-16-14-15(31(29,30)26-11-4-5-12-26)6-7-17(16)27(19)13-8-18(28)25-9-2-1-3-10-25/h6-7,14H,1-5,8-13H2. The number of piperidine rings is 1. The summed E-state index contributed by atoms with van der Waals surface area (Å²) in [7, 11) is -3.77. The molecule has 1 amide bonds. The van der Waals surface area contributed by atoms with Crippen LogP contribution in [-0.2, 0) is 27.5 Å². The van der Waals surface area contributed by atoms with Crippen molar-refractivity contribution in [2.75, 3.05) is 26.2 Å². The molecule has 31 heavy (non-hydrogen) atoms. The maximum Gasteiger partial charge on any atom is 0.449 e. The van der Waals surface area contributed by atoms with Gasteiger partial charge in [-0.1, -0.05) is 0 Å². The Balaban J connectivity index is 1.64. The van der Waals surface area contributed by atoms with Crippen LogP contribution in [0.25, 0.3) is 11.0 Å². The molecule has 11 heteroatoms. The zero-order chi connectivity index (χ0) is 22.2. The molecule has 7 nitrogen and oxygen atoms in total. The molecule has 2 aliphatic rings. The number of benzene rings is 1. The molecule has 0 atom stereocenters. The van der Waals surface area contributed by atoms with Gasteiger partial charge in [-0.05, 0) is 50.3 Å². The minimum absolute atomic E-state index is 0.0435. The van der Waals surface area contributed by atoms with Crippen LogP contribution in [0, 0.1) is 0 Å². The van der Waals surface area contributed by atoms with E-state index < -0.39 is 22.0 Å². The SMILES string of the molecule is O=C(CCn1c(C(F)(F)F)nc2cc(S(=O)(=O)N3CCCC3)ccc21)N1CCCCC1. The van der Waals surface area contributed by atoms with Crippen molar-refractivity contribution < 1.29 is 26.4 Å². The van der Waals surface area contributed by atoms with Gasteiger partial charge in [0.15, 0.2) is 0 Å². The Morgan fingerprint density at radius 1 is 1.00 bits per heavy atom. The average Bonchev–Trinajstić information content (AvgIpc) is 3.40. The second-order valence-electron chi connectivity index (χ2n) is 8.04. The van der Waals surface area contributed by atoms with Crippen molar-refractivity contribution >= 4 is 27.0 Å². The number of aromatic nitrogens is 2. The summed E-state index contributed by atoms with van der Waals surface area (Å²) >= 11 is 0. The number of aryl methyl sites for hydroxylation is 1. The first kappa shape index (κ1) is 22.1. The van der Waals surface area contributed by atoms with Gasteiger partial charge in [-0.25, -0.2) is 13.4 Å². The molecule has 170 valence electrons. The minimum atomic E-state index is -4.72. The van der Waals surface area contributed by atoms with Gasteiger partial charge in [-0.15, -0.1) is 0 Å². The smallest absolute Gasteiger partial charge is 0.343 e. The van der Waals surface area contributed by atoms with Crippen molar-refractivity contribution in [2.24, 2.45) is 0 Å². The molecular weight excluding hydrogens is 433 g/mol. The van der Waals surface area contributed by atoms with E-state index >= 15 is 0 Å². The third-order valence-electron chi connectivity index (χ3n) is 5.93. The number of carbonyl (C=O) groups excluding carboxylic acids is 1. The van der Waals surface area contributed by atoms with Crippen LogP contribution in [0.5, 0.6) is 0 Å². The second kappa shape index (κ2) is 8.42. The van der Waals surface area contributed by atoms with E-state index in [9.17, 15) is 26.4 Å². The van der Waals surface area contributed by atoms with Crippen molar-refractivity contribution in [1.29, 1.82) is 0 Å². The minimum Gasteiger partial charge on any atom is -0.343 e. The zero-order valence-corrected chi connectivity index (χ0v) is 17.9.